The molecule has 0 atom stereocenters. The molecule has 0 spiro atoms. The van der Waals surface area contributed by atoms with Crippen molar-refractivity contribution in [3.63, 3.8) is 0 Å². The average Bonchev–Trinajstić information content (AvgIpc) is 2.38. The average molecular weight is 317 g/mol. The molecular weight excluding hydrogens is 299 g/mol. The molecule has 2 aromatic rings. The lowest BCUT2D eigenvalue weighted by molar-refractivity contribution is 0.410. The van der Waals surface area contributed by atoms with E-state index < -0.39 is 0 Å². The van der Waals surface area contributed by atoms with Gasteiger partial charge in [-0.05, 0) is 24.3 Å². The second-order valence-electron chi connectivity index (χ2n) is 3.92. The minimum absolute atomic E-state index is 0. The molecule has 2 rings (SSSR count). The highest BCUT2D eigenvalue weighted by molar-refractivity contribution is 5.85. The lowest BCUT2D eigenvalue weighted by Gasteiger charge is -2.13. The van der Waals surface area contributed by atoms with Crippen molar-refractivity contribution >= 4 is 36.2 Å². The second kappa shape index (κ2) is 7.72. The molecule has 0 aliphatic carbocycles. The second-order valence-corrected chi connectivity index (χ2v) is 3.92. The van der Waals surface area contributed by atoms with Gasteiger partial charge in [0.25, 0.3) is 0 Å². The third-order valence-corrected chi connectivity index (χ3v) is 2.74. The number of hydrogen-bond acceptors (Lipinski definition) is 4. The monoisotopic (exact) mass is 316 g/mol. The number of nitrogen functional groups attached to an aromatic ring is 2. The van der Waals surface area contributed by atoms with Crippen LogP contribution in [0.3, 0.4) is 0 Å². The van der Waals surface area contributed by atoms with E-state index >= 15 is 0 Å². The number of anilines is 2. The van der Waals surface area contributed by atoms with E-state index in [4.69, 9.17) is 20.9 Å². The van der Waals surface area contributed by atoms with Crippen LogP contribution in [0.5, 0.6) is 11.5 Å². The van der Waals surface area contributed by atoms with E-state index in [1.807, 2.05) is 24.3 Å². The number of halogens is 2. The van der Waals surface area contributed by atoms with E-state index in [9.17, 15) is 0 Å². The maximum absolute atomic E-state index is 5.74. The van der Waals surface area contributed by atoms with E-state index in [0.29, 0.717) is 22.9 Å². The molecule has 0 saturated heterocycles. The summed E-state index contributed by atoms with van der Waals surface area (Å²) < 4.78 is 10.7. The van der Waals surface area contributed by atoms with E-state index in [1.54, 1.807) is 26.4 Å². The number of nitrogens with two attached hydrogens (primary N) is 2. The van der Waals surface area contributed by atoms with Crippen LogP contribution in [0.25, 0.3) is 11.1 Å². The zero-order valence-electron chi connectivity index (χ0n) is 11.3. The highest BCUT2D eigenvalue weighted by atomic mass is 35.5. The maximum Gasteiger partial charge on any atom is 0.128 e. The largest absolute Gasteiger partial charge is 0.496 e. The Bertz CT molecular complexity index is 526. The molecule has 0 saturated carbocycles. The van der Waals surface area contributed by atoms with Crippen molar-refractivity contribution in [2.75, 3.05) is 25.7 Å². The first-order chi connectivity index (χ1) is 8.65. The molecule has 4 N–H and O–H groups in total. The van der Waals surface area contributed by atoms with Crippen molar-refractivity contribution in [2.24, 2.45) is 0 Å². The van der Waals surface area contributed by atoms with Crippen LogP contribution in [0, 0.1) is 0 Å². The van der Waals surface area contributed by atoms with Crippen LogP contribution in [-0.2, 0) is 0 Å². The van der Waals surface area contributed by atoms with Crippen molar-refractivity contribution in [1.82, 2.24) is 0 Å². The molecule has 0 aromatic heterocycles. The number of hydrogen-bond donors (Lipinski definition) is 2. The lowest BCUT2D eigenvalue weighted by atomic mass is 10.0. The minimum Gasteiger partial charge on any atom is -0.496 e. The van der Waals surface area contributed by atoms with E-state index in [-0.39, 0.29) is 24.8 Å². The molecule has 4 nitrogen and oxygen atoms in total. The molecule has 0 heterocycles. The molecule has 0 unspecified atom stereocenters. The van der Waals surface area contributed by atoms with Crippen molar-refractivity contribution in [3.8, 4) is 22.6 Å². The smallest absolute Gasteiger partial charge is 0.128 e. The van der Waals surface area contributed by atoms with Crippen LogP contribution in [-0.4, -0.2) is 14.2 Å². The standard InChI is InChI=1S/C14H16N2O2.2ClH/c1-17-13-7-9(15)3-5-11(13)12-6-4-10(16)8-14(12)18-2;;/h3-8H,15-16H2,1-2H3;2*1H. The van der Waals surface area contributed by atoms with Crippen LogP contribution in [0.1, 0.15) is 0 Å². The first-order valence-electron chi connectivity index (χ1n) is 5.53. The number of methoxy groups -OCH3 is 2. The van der Waals surface area contributed by atoms with Crippen LogP contribution >= 0.6 is 24.8 Å². The van der Waals surface area contributed by atoms with Gasteiger partial charge in [-0.25, -0.2) is 0 Å². The summed E-state index contributed by atoms with van der Waals surface area (Å²) in [7, 11) is 3.23. The first kappa shape index (κ1) is 18.2. The van der Waals surface area contributed by atoms with E-state index in [0.717, 1.165) is 11.1 Å². The Morgan fingerprint density at radius 1 is 0.700 bits per heavy atom. The minimum atomic E-state index is 0. The van der Waals surface area contributed by atoms with Gasteiger partial charge in [-0.2, -0.15) is 0 Å². The Kier molecular flexibility index (Phi) is 7.04. The summed E-state index contributed by atoms with van der Waals surface area (Å²) in [6.45, 7) is 0. The van der Waals surface area contributed by atoms with Crippen LogP contribution in [0.4, 0.5) is 11.4 Å². The number of rotatable bonds is 3. The first-order valence-corrected chi connectivity index (χ1v) is 5.53. The zero-order chi connectivity index (χ0) is 13.1. The Balaban J connectivity index is 0.00000180. The summed E-state index contributed by atoms with van der Waals surface area (Å²) in [5.41, 5.74) is 14.6. The van der Waals surface area contributed by atoms with Crippen LogP contribution < -0.4 is 20.9 Å². The predicted molar refractivity (Wildman–Crippen MR) is 88.3 cm³/mol. The molecule has 0 fully saturated rings. The predicted octanol–water partition coefficient (Wildman–Crippen LogP) is 3.38. The summed E-state index contributed by atoms with van der Waals surface area (Å²) in [6, 6.07) is 11.0. The molecule has 0 bridgehead atoms. The fourth-order valence-corrected chi connectivity index (χ4v) is 1.86. The van der Waals surface area contributed by atoms with Crippen molar-refractivity contribution in [2.45, 2.75) is 0 Å². The molecule has 20 heavy (non-hydrogen) atoms. The van der Waals surface area contributed by atoms with Gasteiger partial charge in [0.05, 0.1) is 14.2 Å². The highest BCUT2D eigenvalue weighted by Gasteiger charge is 2.11. The Hall–Kier alpha value is -1.78. The van der Waals surface area contributed by atoms with Crippen LogP contribution in [0.2, 0.25) is 0 Å². The fraction of sp³-hybridized carbons (Fsp3) is 0.143. The Morgan fingerprint density at radius 2 is 1.05 bits per heavy atom. The van der Waals surface area contributed by atoms with Gasteiger partial charge < -0.3 is 20.9 Å². The van der Waals surface area contributed by atoms with Crippen molar-refractivity contribution in [1.29, 1.82) is 0 Å². The summed E-state index contributed by atoms with van der Waals surface area (Å²) in [6.07, 6.45) is 0. The Morgan fingerprint density at radius 3 is 1.35 bits per heavy atom. The van der Waals surface area contributed by atoms with Gasteiger partial charge >= 0.3 is 0 Å². The van der Waals surface area contributed by atoms with Gasteiger partial charge in [0.15, 0.2) is 0 Å². The zero-order valence-corrected chi connectivity index (χ0v) is 12.9. The summed E-state index contributed by atoms with van der Waals surface area (Å²) in [5, 5.41) is 0. The van der Waals surface area contributed by atoms with Gasteiger partial charge in [-0.1, -0.05) is 0 Å². The molecule has 110 valence electrons. The van der Waals surface area contributed by atoms with E-state index in [1.165, 1.54) is 0 Å². The third-order valence-electron chi connectivity index (χ3n) is 2.74. The van der Waals surface area contributed by atoms with Gasteiger partial charge in [0, 0.05) is 34.6 Å². The quantitative estimate of drug-likeness (QED) is 0.852. The lowest BCUT2D eigenvalue weighted by Crippen LogP contribution is -1.95. The van der Waals surface area contributed by atoms with Gasteiger partial charge in [0.1, 0.15) is 11.5 Å². The highest BCUT2D eigenvalue weighted by Crippen LogP contribution is 2.38. The van der Waals surface area contributed by atoms with Gasteiger partial charge in [0.2, 0.25) is 0 Å². The Labute approximate surface area is 130 Å². The molecule has 2 aromatic carbocycles. The molecule has 6 heteroatoms. The summed E-state index contributed by atoms with van der Waals surface area (Å²) in [5.74, 6) is 1.41. The topological polar surface area (TPSA) is 70.5 Å². The number of benzene rings is 2. The molecule has 0 aliphatic heterocycles. The summed E-state index contributed by atoms with van der Waals surface area (Å²) in [4.78, 5) is 0. The SMILES string of the molecule is COc1cc(N)ccc1-c1ccc(N)cc1OC.Cl.Cl. The maximum atomic E-state index is 5.74. The molecule has 0 radical (unpaired) electrons. The number of ether oxygens (including phenoxy) is 2. The van der Waals surface area contributed by atoms with Crippen LogP contribution in [0.15, 0.2) is 36.4 Å². The van der Waals surface area contributed by atoms with Gasteiger partial charge in [-0.15, -0.1) is 24.8 Å². The van der Waals surface area contributed by atoms with Gasteiger partial charge in [-0.3, -0.25) is 0 Å². The van der Waals surface area contributed by atoms with Crippen molar-refractivity contribution in [3.05, 3.63) is 36.4 Å². The molecule has 0 amide bonds. The third kappa shape index (κ3) is 3.62. The van der Waals surface area contributed by atoms with E-state index in [2.05, 4.69) is 0 Å². The summed E-state index contributed by atoms with van der Waals surface area (Å²) >= 11 is 0. The molecule has 0 aliphatic rings. The van der Waals surface area contributed by atoms with Crippen molar-refractivity contribution < 1.29 is 9.47 Å². The normalized spacial score (nSPS) is 9.10. The fourth-order valence-electron chi connectivity index (χ4n) is 1.86. The molecular formula is C14H18Cl2N2O2.